The average molecular weight is 395 g/mol. The fourth-order valence-electron chi connectivity index (χ4n) is 3.04. The Morgan fingerprint density at radius 2 is 1.72 bits per heavy atom. The maximum Gasteiger partial charge on any atom is 0.310 e. The lowest BCUT2D eigenvalue weighted by Crippen LogP contribution is -2.36. The van der Waals surface area contributed by atoms with Crippen molar-refractivity contribution in [3.05, 3.63) is 83.9 Å². The van der Waals surface area contributed by atoms with E-state index in [0.29, 0.717) is 6.54 Å². The number of ether oxygens (including phenoxy) is 1. The fourth-order valence-corrected chi connectivity index (χ4v) is 3.04. The van der Waals surface area contributed by atoms with Crippen molar-refractivity contribution in [2.24, 2.45) is 5.92 Å². The van der Waals surface area contributed by atoms with Crippen LogP contribution >= 0.6 is 0 Å². The number of nitrogens with zero attached hydrogens (tertiary/aromatic N) is 1. The van der Waals surface area contributed by atoms with Crippen LogP contribution in [0.1, 0.15) is 23.0 Å². The summed E-state index contributed by atoms with van der Waals surface area (Å²) in [5.41, 5.74) is 1.20. The third-order valence-corrected chi connectivity index (χ3v) is 4.56. The van der Waals surface area contributed by atoms with Crippen molar-refractivity contribution in [1.29, 1.82) is 0 Å². The second-order valence-electron chi connectivity index (χ2n) is 6.74. The van der Waals surface area contributed by atoms with Crippen LogP contribution in [0.15, 0.2) is 71.1 Å². The molecular weight excluding hydrogens is 373 g/mol. The van der Waals surface area contributed by atoms with E-state index in [-0.39, 0.29) is 29.5 Å². The Labute approximate surface area is 168 Å². The first-order chi connectivity index (χ1) is 14.0. The van der Waals surface area contributed by atoms with Crippen molar-refractivity contribution >= 4 is 11.9 Å². The smallest absolute Gasteiger partial charge is 0.310 e. The minimum Gasteiger partial charge on any atom is -0.469 e. The average Bonchev–Trinajstić information content (AvgIpc) is 3.23. The van der Waals surface area contributed by atoms with Gasteiger partial charge in [-0.25, -0.2) is 4.39 Å². The number of halogens is 1. The van der Waals surface area contributed by atoms with Crippen LogP contribution in [0.2, 0.25) is 0 Å². The monoisotopic (exact) mass is 395 g/mol. The summed E-state index contributed by atoms with van der Waals surface area (Å²) >= 11 is 0. The Balaban J connectivity index is 1.86. The van der Waals surface area contributed by atoms with E-state index in [0.717, 1.165) is 5.56 Å². The van der Waals surface area contributed by atoms with Crippen molar-refractivity contribution in [1.82, 2.24) is 4.90 Å². The largest absolute Gasteiger partial charge is 0.469 e. The molecule has 0 bridgehead atoms. The van der Waals surface area contributed by atoms with Gasteiger partial charge < -0.3 is 14.1 Å². The van der Waals surface area contributed by atoms with Gasteiger partial charge in [0.25, 0.3) is 5.91 Å². The predicted octanol–water partition coefficient (Wildman–Crippen LogP) is 4.54. The summed E-state index contributed by atoms with van der Waals surface area (Å²) in [5.74, 6) is -1.37. The molecule has 2 aromatic carbocycles. The molecule has 1 heterocycles. The Morgan fingerprint density at radius 1 is 1.03 bits per heavy atom. The van der Waals surface area contributed by atoms with E-state index < -0.39 is 17.7 Å². The minimum absolute atomic E-state index is 0.0799. The lowest BCUT2D eigenvalue weighted by atomic mass is 10.1. The maximum atomic E-state index is 14.0. The van der Waals surface area contributed by atoms with Crippen molar-refractivity contribution < 1.29 is 23.1 Å². The number of hydrogen-bond acceptors (Lipinski definition) is 4. The highest BCUT2D eigenvalue weighted by molar-refractivity contribution is 5.92. The summed E-state index contributed by atoms with van der Waals surface area (Å²) < 4.78 is 24.5. The first kappa shape index (κ1) is 20.3. The van der Waals surface area contributed by atoms with Crippen molar-refractivity contribution in [2.45, 2.75) is 13.5 Å². The second kappa shape index (κ2) is 9.19. The highest BCUT2D eigenvalue weighted by Gasteiger charge is 2.25. The highest BCUT2D eigenvalue weighted by Crippen LogP contribution is 2.26. The lowest BCUT2D eigenvalue weighted by Gasteiger charge is -2.24. The van der Waals surface area contributed by atoms with Crippen molar-refractivity contribution in [3.8, 4) is 11.3 Å². The molecule has 0 aliphatic heterocycles. The summed E-state index contributed by atoms with van der Waals surface area (Å²) in [6, 6.07) is 18.7. The van der Waals surface area contributed by atoms with Crippen LogP contribution in [0.3, 0.4) is 0 Å². The molecule has 0 saturated heterocycles. The number of carbonyl (C=O) groups is 2. The first-order valence-corrected chi connectivity index (χ1v) is 9.25. The third kappa shape index (κ3) is 4.90. The standard InChI is InChI=1S/C23H22FNO4/c1-16(23(27)28-2)14-25(15-17-8-4-3-5-9-17)22(26)21-13-12-20(29-21)18-10-6-7-11-19(18)24/h3-13,16H,14-15H2,1-2H3/t16-/m1/s1. The molecule has 0 spiro atoms. The number of amides is 1. The van der Waals surface area contributed by atoms with Crippen molar-refractivity contribution in [2.75, 3.05) is 13.7 Å². The summed E-state index contributed by atoms with van der Waals surface area (Å²) in [7, 11) is 1.31. The van der Waals surface area contributed by atoms with E-state index in [2.05, 4.69) is 0 Å². The van der Waals surface area contributed by atoms with Crippen LogP contribution in [0.25, 0.3) is 11.3 Å². The zero-order chi connectivity index (χ0) is 20.8. The van der Waals surface area contributed by atoms with E-state index in [1.165, 1.54) is 24.1 Å². The molecule has 3 rings (SSSR count). The Bertz CT molecular complexity index is 983. The van der Waals surface area contributed by atoms with Gasteiger partial charge in [0, 0.05) is 13.1 Å². The number of hydrogen-bond donors (Lipinski definition) is 0. The molecule has 1 atom stereocenters. The Kier molecular flexibility index (Phi) is 6.44. The minimum atomic E-state index is -0.506. The van der Waals surface area contributed by atoms with Gasteiger partial charge in [-0.3, -0.25) is 9.59 Å². The molecule has 1 amide bonds. The van der Waals surface area contributed by atoms with Crippen LogP contribution in [0.4, 0.5) is 4.39 Å². The molecule has 0 aliphatic carbocycles. The Hall–Kier alpha value is -3.41. The summed E-state index contributed by atoms with van der Waals surface area (Å²) in [6.07, 6.45) is 0. The van der Waals surface area contributed by atoms with Gasteiger partial charge in [0.2, 0.25) is 0 Å². The van der Waals surface area contributed by atoms with E-state index in [1.807, 2.05) is 30.3 Å². The topological polar surface area (TPSA) is 59.8 Å². The van der Waals surface area contributed by atoms with Gasteiger partial charge in [-0.05, 0) is 29.8 Å². The maximum absolute atomic E-state index is 14.0. The molecule has 1 aromatic heterocycles. The van der Waals surface area contributed by atoms with Gasteiger partial charge in [0.05, 0.1) is 18.6 Å². The predicted molar refractivity (Wildman–Crippen MR) is 106 cm³/mol. The summed E-state index contributed by atoms with van der Waals surface area (Å²) in [5, 5.41) is 0. The molecular formula is C23H22FNO4. The molecule has 29 heavy (non-hydrogen) atoms. The molecule has 0 radical (unpaired) electrons. The molecule has 0 aliphatic rings. The number of methoxy groups -OCH3 is 1. The van der Waals surface area contributed by atoms with Gasteiger partial charge in [0.15, 0.2) is 5.76 Å². The van der Waals surface area contributed by atoms with Gasteiger partial charge in [0.1, 0.15) is 11.6 Å². The normalized spacial score (nSPS) is 11.7. The molecule has 0 saturated carbocycles. The number of rotatable bonds is 7. The van der Waals surface area contributed by atoms with Crippen LogP contribution in [-0.2, 0) is 16.1 Å². The quantitative estimate of drug-likeness (QED) is 0.551. The zero-order valence-electron chi connectivity index (χ0n) is 16.3. The number of esters is 1. The third-order valence-electron chi connectivity index (χ3n) is 4.56. The van der Waals surface area contributed by atoms with E-state index in [9.17, 15) is 14.0 Å². The van der Waals surface area contributed by atoms with E-state index >= 15 is 0 Å². The fraction of sp³-hybridized carbons (Fsp3) is 0.217. The van der Waals surface area contributed by atoms with Crippen LogP contribution in [-0.4, -0.2) is 30.4 Å². The zero-order valence-corrected chi connectivity index (χ0v) is 16.3. The summed E-state index contributed by atoms with van der Waals surface area (Å²) in [4.78, 5) is 26.5. The molecule has 0 unspecified atom stereocenters. The van der Waals surface area contributed by atoms with Crippen LogP contribution < -0.4 is 0 Å². The summed E-state index contributed by atoms with van der Waals surface area (Å²) in [6.45, 7) is 2.16. The van der Waals surface area contributed by atoms with Gasteiger partial charge in [-0.1, -0.05) is 49.4 Å². The number of benzene rings is 2. The van der Waals surface area contributed by atoms with Crippen molar-refractivity contribution in [3.63, 3.8) is 0 Å². The second-order valence-corrected chi connectivity index (χ2v) is 6.74. The van der Waals surface area contributed by atoms with Gasteiger partial charge in [-0.2, -0.15) is 0 Å². The molecule has 3 aromatic rings. The lowest BCUT2D eigenvalue weighted by molar-refractivity contribution is -0.145. The number of carbonyl (C=O) groups excluding carboxylic acids is 2. The Morgan fingerprint density at radius 3 is 2.41 bits per heavy atom. The van der Waals surface area contributed by atoms with E-state index in [4.69, 9.17) is 9.15 Å². The molecule has 0 fully saturated rings. The molecule has 5 nitrogen and oxygen atoms in total. The SMILES string of the molecule is COC(=O)[C@H](C)CN(Cc1ccccc1)C(=O)c1ccc(-c2ccccc2F)o1. The van der Waals surface area contributed by atoms with Crippen LogP contribution in [0.5, 0.6) is 0 Å². The first-order valence-electron chi connectivity index (χ1n) is 9.25. The molecule has 150 valence electrons. The molecule has 6 heteroatoms. The van der Waals surface area contributed by atoms with Gasteiger partial charge >= 0.3 is 5.97 Å². The highest BCUT2D eigenvalue weighted by atomic mass is 19.1. The van der Waals surface area contributed by atoms with E-state index in [1.54, 1.807) is 31.2 Å². The molecule has 0 N–H and O–H groups in total. The van der Waals surface area contributed by atoms with Crippen LogP contribution in [0, 0.1) is 11.7 Å². The number of furan rings is 1. The van der Waals surface area contributed by atoms with Gasteiger partial charge in [-0.15, -0.1) is 0 Å².